The second-order valence-electron chi connectivity index (χ2n) is 3.92. The minimum Gasteiger partial charge on any atom is -0.380 e. The van der Waals surface area contributed by atoms with Gasteiger partial charge < -0.3 is 5.32 Å². The van der Waals surface area contributed by atoms with Gasteiger partial charge in [-0.25, -0.2) is 4.68 Å². The number of aryl methyl sites for hydroxylation is 1. The molecular formula is C12H14N4O2. The highest BCUT2D eigenvalue weighted by molar-refractivity contribution is 5.70. The van der Waals surface area contributed by atoms with E-state index in [9.17, 15) is 10.1 Å². The predicted octanol–water partition coefficient (Wildman–Crippen LogP) is 2.52. The fourth-order valence-corrected chi connectivity index (χ4v) is 1.79. The third-order valence-corrected chi connectivity index (χ3v) is 2.52. The van der Waals surface area contributed by atoms with E-state index in [-0.39, 0.29) is 10.6 Å². The SMILES string of the molecule is CCNc1cccc(-n2cc(C)cn2)c1[N+](=O)[O-]. The van der Waals surface area contributed by atoms with Gasteiger partial charge in [0.1, 0.15) is 11.4 Å². The number of aromatic nitrogens is 2. The first kappa shape index (κ1) is 12.1. The molecule has 0 aliphatic heterocycles. The molecule has 0 radical (unpaired) electrons. The smallest absolute Gasteiger partial charge is 0.317 e. The molecule has 1 aromatic carbocycles. The Labute approximate surface area is 104 Å². The molecule has 1 heterocycles. The number of nitro benzene ring substituents is 1. The Morgan fingerprint density at radius 3 is 2.83 bits per heavy atom. The molecule has 1 N–H and O–H groups in total. The molecule has 18 heavy (non-hydrogen) atoms. The lowest BCUT2D eigenvalue weighted by atomic mass is 10.2. The lowest BCUT2D eigenvalue weighted by molar-refractivity contribution is -0.383. The van der Waals surface area contributed by atoms with Gasteiger partial charge in [-0.15, -0.1) is 0 Å². The number of nitro groups is 1. The Morgan fingerprint density at radius 2 is 2.28 bits per heavy atom. The molecule has 0 aliphatic rings. The molecule has 0 fully saturated rings. The van der Waals surface area contributed by atoms with Gasteiger partial charge in [0, 0.05) is 12.7 Å². The number of para-hydroxylation sites is 1. The molecule has 0 spiro atoms. The van der Waals surface area contributed by atoms with Crippen molar-refractivity contribution in [2.45, 2.75) is 13.8 Å². The molecule has 6 nitrogen and oxygen atoms in total. The van der Waals surface area contributed by atoms with Crippen LogP contribution in [0.1, 0.15) is 12.5 Å². The van der Waals surface area contributed by atoms with Crippen LogP contribution in [0, 0.1) is 17.0 Å². The topological polar surface area (TPSA) is 73.0 Å². The van der Waals surface area contributed by atoms with E-state index < -0.39 is 0 Å². The van der Waals surface area contributed by atoms with Crippen LogP contribution in [-0.4, -0.2) is 21.2 Å². The molecule has 0 saturated carbocycles. The van der Waals surface area contributed by atoms with Gasteiger partial charge in [0.25, 0.3) is 0 Å². The summed E-state index contributed by atoms with van der Waals surface area (Å²) in [6, 6.07) is 5.16. The van der Waals surface area contributed by atoms with E-state index >= 15 is 0 Å². The van der Waals surface area contributed by atoms with Crippen molar-refractivity contribution in [1.29, 1.82) is 0 Å². The first-order valence-corrected chi connectivity index (χ1v) is 5.66. The number of anilines is 1. The molecule has 2 rings (SSSR count). The minimum absolute atomic E-state index is 0.0439. The molecule has 0 bridgehead atoms. The van der Waals surface area contributed by atoms with Crippen molar-refractivity contribution < 1.29 is 4.92 Å². The highest BCUT2D eigenvalue weighted by Crippen LogP contribution is 2.31. The fourth-order valence-electron chi connectivity index (χ4n) is 1.79. The van der Waals surface area contributed by atoms with Crippen molar-refractivity contribution in [3.63, 3.8) is 0 Å². The molecule has 0 amide bonds. The zero-order valence-corrected chi connectivity index (χ0v) is 10.3. The van der Waals surface area contributed by atoms with E-state index in [0.29, 0.717) is 17.9 Å². The summed E-state index contributed by atoms with van der Waals surface area (Å²) >= 11 is 0. The molecule has 1 aromatic heterocycles. The summed E-state index contributed by atoms with van der Waals surface area (Å²) in [4.78, 5) is 10.8. The minimum atomic E-state index is -0.385. The summed E-state index contributed by atoms with van der Waals surface area (Å²) < 4.78 is 1.52. The van der Waals surface area contributed by atoms with Crippen molar-refractivity contribution in [3.8, 4) is 5.69 Å². The van der Waals surface area contributed by atoms with Gasteiger partial charge >= 0.3 is 5.69 Å². The van der Waals surface area contributed by atoms with Gasteiger partial charge in [-0.05, 0) is 31.5 Å². The van der Waals surface area contributed by atoms with E-state index in [1.165, 1.54) is 4.68 Å². The first-order chi connectivity index (χ1) is 8.63. The Hall–Kier alpha value is -2.37. The Morgan fingerprint density at radius 1 is 1.50 bits per heavy atom. The summed E-state index contributed by atoms with van der Waals surface area (Å²) in [6.07, 6.45) is 3.43. The standard InChI is InChI=1S/C12H14N4O2/c1-3-13-10-5-4-6-11(12(10)16(17)18)15-8-9(2)7-14-15/h4-8,13H,3H2,1-2H3. The lowest BCUT2D eigenvalue weighted by Crippen LogP contribution is -2.06. The first-order valence-electron chi connectivity index (χ1n) is 5.66. The second kappa shape index (κ2) is 4.87. The molecule has 0 saturated heterocycles. The molecule has 0 aliphatic carbocycles. The largest absolute Gasteiger partial charge is 0.380 e. The third kappa shape index (κ3) is 2.17. The number of rotatable bonds is 4. The summed E-state index contributed by atoms with van der Waals surface area (Å²) in [5.74, 6) is 0. The van der Waals surface area contributed by atoms with Crippen LogP contribution in [0.15, 0.2) is 30.6 Å². The highest BCUT2D eigenvalue weighted by atomic mass is 16.6. The van der Waals surface area contributed by atoms with Gasteiger partial charge in [0.2, 0.25) is 0 Å². The van der Waals surface area contributed by atoms with Gasteiger partial charge in [-0.2, -0.15) is 5.10 Å². The summed E-state index contributed by atoms with van der Waals surface area (Å²) in [6.45, 7) is 4.42. The average Bonchev–Trinajstić information content (AvgIpc) is 2.75. The second-order valence-corrected chi connectivity index (χ2v) is 3.92. The number of nitrogens with zero attached hydrogens (tertiary/aromatic N) is 3. The predicted molar refractivity (Wildman–Crippen MR) is 69.1 cm³/mol. The van der Waals surface area contributed by atoms with Crippen LogP contribution in [-0.2, 0) is 0 Å². The molecular weight excluding hydrogens is 232 g/mol. The molecule has 2 aromatic rings. The Balaban J connectivity index is 2.59. The molecule has 6 heteroatoms. The highest BCUT2D eigenvalue weighted by Gasteiger charge is 2.20. The van der Waals surface area contributed by atoms with Crippen LogP contribution in [0.2, 0.25) is 0 Å². The van der Waals surface area contributed by atoms with Gasteiger partial charge in [0.05, 0.1) is 11.1 Å². The number of nitrogens with one attached hydrogen (secondary N) is 1. The van der Waals surface area contributed by atoms with E-state index in [0.717, 1.165) is 5.56 Å². The van der Waals surface area contributed by atoms with E-state index in [1.54, 1.807) is 30.6 Å². The van der Waals surface area contributed by atoms with Crippen molar-refractivity contribution in [2.24, 2.45) is 0 Å². The number of hydrogen-bond acceptors (Lipinski definition) is 4. The van der Waals surface area contributed by atoms with Crippen LogP contribution in [0.25, 0.3) is 5.69 Å². The van der Waals surface area contributed by atoms with E-state index in [1.807, 2.05) is 13.8 Å². The fraction of sp³-hybridized carbons (Fsp3) is 0.250. The molecule has 94 valence electrons. The average molecular weight is 246 g/mol. The van der Waals surface area contributed by atoms with Gasteiger partial charge in [0.15, 0.2) is 0 Å². The Bertz CT molecular complexity index is 577. The zero-order chi connectivity index (χ0) is 13.1. The van der Waals surface area contributed by atoms with Crippen LogP contribution in [0.5, 0.6) is 0 Å². The maximum Gasteiger partial charge on any atom is 0.317 e. The summed E-state index contributed by atoms with van der Waals surface area (Å²) in [5, 5.41) is 18.3. The Kier molecular flexibility index (Phi) is 3.27. The van der Waals surface area contributed by atoms with Crippen molar-refractivity contribution >= 4 is 11.4 Å². The molecule has 0 unspecified atom stereocenters. The monoisotopic (exact) mass is 246 g/mol. The van der Waals surface area contributed by atoms with Gasteiger partial charge in [-0.3, -0.25) is 10.1 Å². The maximum absolute atomic E-state index is 11.2. The van der Waals surface area contributed by atoms with E-state index in [4.69, 9.17) is 0 Å². The number of hydrogen-bond donors (Lipinski definition) is 1. The number of benzene rings is 1. The lowest BCUT2D eigenvalue weighted by Gasteiger charge is -2.08. The van der Waals surface area contributed by atoms with Gasteiger partial charge in [-0.1, -0.05) is 6.07 Å². The van der Waals surface area contributed by atoms with Crippen molar-refractivity contribution in [1.82, 2.24) is 9.78 Å². The normalized spacial score (nSPS) is 10.3. The van der Waals surface area contributed by atoms with Crippen molar-refractivity contribution in [2.75, 3.05) is 11.9 Å². The van der Waals surface area contributed by atoms with E-state index in [2.05, 4.69) is 10.4 Å². The molecule has 0 atom stereocenters. The van der Waals surface area contributed by atoms with Crippen LogP contribution >= 0.6 is 0 Å². The van der Waals surface area contributed by atoms with Crippen molar-refractivity contribution in [3.05, 3.63) is 46.3 Å². The van der Waals surface area contributed by atoms with Crippen LogP contribution < -0.4 is 5.32 Å². The maximum atomic E-state index is 11.2. The summed E-state index contributed by atoms with van der Waals surface area (Å²) in [5.41, 5.74) is 1.97. The third-order valence-electron chi connectivity index (χ3n) is 2.52. The van der Waals surface area contributed by atoms with Crippen LogP contribution in [0.4, 0.5) is 11.4 Å². The van der Waals surface area contributed by atoms with Crippen LogP contribution in [0.3, 0.4) is 0 Å². The zero-order valence-electron chi connectivity index (χ0n) is 10.3. The quantitative estimate of drug-likeness (QED) is 0.664. The summed E-state index contributed by atoms with van der Waals surface area (Å²) in [7, 11) is 0.